The second kappa shape index (κ2) is 10.4. The van der Waals surface area contributed by atoms with Crippen molar-refractivity contribution in [3.05, 3.63) is 96.2 Å². The lowest BCUT2D eigenvalue weighted by Crippen LogP contribution is -2.00. The fourth-order valence-electron chi connectivity index (χ4n) is 3.51. The van der Waals surface area contributed by atoms with Gasteiger partial charge in [0.1, 0.15) is 6.29 Å². The van der Waals surface area contributed by atoms with Crippen LogP contribution in [0.3, 0.4) is 0 Å². The van der Waals surface area contributed by atoms with E-state index in [9.17, 15) is 9.18 Å². The summed E-state index contributed by atoms with van der Waals surface area (Å²) in [4.78, 5) is 23.8. The third-order valence-corrected chi connectivity index (χ3v) is 5.21. The van der Waals surface area contributed by atoms with Crippen molar-refractivity contribution in [3.8, 4) is 11.4 Å². The molecule has 5 aromatic rings. The van der Waals surface area contributed by atoms with Crippen LogP contribution in [-0.4, -0.2) is 32.7 Å². The number of para-hydroxylation sites is 2. The zero-order valence-electron chi connectivity index (χ0n) is 19.2. The van der Waals surface area contributed by atoms with E-state index in [0.717, 1.165) is 23.3 Å². The number of rotatable bonds is 5. The summed E-state index contributed by atoms with van der Waals surface area (Å²) in [6.45, 7) is 1.81. The van der Waals surface area contributed by atoms with Crippen LogP contribution in [0.4, 0.5) is 27.4 Å². The highest BCUT2D eigenvalue weighted by molar-refractivity contribution is 5.76. The number of pyridine rings is 1. The number of nitrogens with two attached hydrogens (primary N) is 1. The molecule has 5 rings (SSSR count). The van der Waals surface area contributed by atoms with Crippen LogP contribution < -0.4 is 16.4 Å². The Morgan fingerprint density at radius 3 is 2.46 bits per heavy atom. The Balaban J connectivity index is 0.000000271. The molecule has 0 saturated carbocycles. The first-order valence-corrected chi connectivity index (χ1v) is 10.8. The van der Waals surface area contributed by atoms with Crippen LogP contribution in [0.2, 0.25) is 0 Å². The van der Waals surface area contributed by atoms with Crippen LogP contribution in [-0.2, 0) is 0 Å². The molecule has 2 aromatic carbocycles. The highest BCUT2D eigenvalue weighted by atomic mass is 19.1. The number of nitrogens with one attached hydrogen (secondary N) is 2. The van der Waals surface area contributed by atoms with E-state index in [0.29, 0.717) is 28.6 Å². The van der Waals surface area contributed by atoms with Gasteiger partial charge in [-0.05, 0) is 61.5 Å². The van der Waals surface area contributed by atoms with Crippen LogP contribution in [0.1, 0.15) is 16.1 Å². The van der Waals surface area contributed by atoms with Crippen LogP contribution in [0.5, 0.6) is 0 Å². The minimum atomic E-state index is -0.385. The molecule has 0 radical (unpaired) electrons. The molecule has 0 saturated heterocycles. The molecule has 0 amide bonds. The van der Waals surface area contributed by atoms with Crippen LogP contribution in [0, 0.1) is 12.7 Å². The van der Waals surface area contributed by atoms with Crippen molar-refractivity contribution >= 4 is 34.9 Å². The smallest absolute Gasteiger partial charge is 0.227 e. The molecule has 0 aliphatic heterocycles. The fraction of sp³-hybridized carbons (Fsp3) is 0.0769. The third-order valence-electron chi connectivity index (χ3n) is 5.21. The maximum atomic E-state index is 14.0. The summed E-state index contributed by atoms with van der Waals surface area (Å²) in [5.41, 5.74) is 11.0. The molecule has 0 fully saturated rings. The molecule has 0 unspecified atom stereocenters. The average Bonchev–Trinajstić information content (AvgIpc) is 3.22. The van der Waals surface area contributed by atoms with Gasteiger partial charge in [0, 0.05) is 30.7 Å². The van der Waals surface area contributed by atoms with Gasteiger partial charge in [0.15, 0.2) is 11.5 Å². The summed E-state index contributed by atoms with van der Waals surface area (Å²) >= 11 is 0. The Bertz CT molecular complexity index is 1460. The summed E-state index contributed by atoms with van der Waals surface area (Å²) < 4.78 is 15.6. The summed E-state index contributed by atoms with van der Waals surface area (Å²) in [7, 11) is 1.85. The largest absolute Gasteiger partial charge is 0.397 e. The Hall–Kier alpha value is -4.79. The normalized spacial score (nSPS) is 10.4. The first kappa shape index (κ1) is 23.4. The van der Waals surface area contributed by atoms with Gasteiger partial charge in [-0.15, -0.1) is 0 Å². The number of nitrogens with zero attached hydrogens (tertiary/aromatic N) is 4. The molecule has 176 valence electrons. The Morgan fingerprint density at radius 1 is 1.00 bits per heavy atom. The number of hydrogen-bond donors (Lipinski definition) is 3. The highest BCUT2D eigenvalue weighted by Gasteiger charge is 2.15. The lowest BCUT2D eigenvalue weighted by atomic mass is 10.2. The second-order valence-corrected chi connectivity index (χ2v) is 7.56. The number of benzene rings is 2. The number of carbonyl (C=O) groups is 1. The molecule has 0 aliphatic rings. The number of aromatic nitrogens is 4. The topological polar surface area (TPSA) is 110 Å². The number of carbonyl (C=O) groups excluding carboxylic acids is 1. The Kier molecular flexibility index (Phi) is 6.96. The second-order valence-electron chi connectivity index (χ2n) is 7.56. The molecule has 3 aromatic heterocycles. The molecular formula is C26H24FN7O. The predicted octanol–water partition coefficient (Wildman–Crippen LogP) is 5.11. The molecular weight excluding hydrogens is 445 g/mol. The zero-order valence-corrected chi connectivity index (χ0v) is 19.2. The van der Waals surface area contributed by atoms with E-state index in [-0.39, 0.29) is 11.5 Å². The van der Waals surface area contributed by atoms with E-state index >= 15 is 0 Å². The quantitative estimate of drug-likeness (QED) is 0.242. The minimum Gasteiger partial charge on any atom is -0.397 e. The van der Waals surface area contributed by atoms with Crippen molar-refractivity contribution < 1.29 is 9.18 Å². The molecule has 9 heteroatoms. The van der Waals surface area contributed by atoms with Gasteiger partial charge in [-0.2, -0.15) is 0 Å². The number of aryl methyl sites for hydroxylation is 1. The zero-order chi connectivity index (χ0) is 24.8. The molecule has 0 bridgehead atoms. The van der Waals surface area contributed by atoms with E-state index in [4.69, 9.17) is 5.73 Å². The first-order valence-electron chi connectivity index (χ1n) is 10.8. The van der Waals surface area contributed by atoms with Gasteiger partial charge >= 0.3 is 0 Å². The van der Waals surface area contributed by atoms with Gasteiger partial charge in [-0.3, -0.25) is 9.20 Å². The maximum absolute atomic E-state index is 14.0. The number of imidazole rings is 1. The van der Waals surface area contributed by atoms with Gasteiger partial charge in [-0.1, -0.05) is 12.1 Å². The number of halogens is 1. The number of fused-ring (bicyclic) bond motifs is 1. The monoisotopic (exact) mass is 469 g/mol. The number of aldehydes is 1. The van der Waals surface area contributed by atoms with Crippen molar-refractivity contribution in [2.45, 2.75) is 6.92 Å². The lowest BCUT2D eigenvalue weighted by Gasteiger charge is -2.07. The molecule has 0 atom stereocenters. The van der Waals surface area contributed by atoms with E-state index in [1.54, 1.807) is 53.2 Å². The Morgan fingerprint density at radius 2 is 1.77 bits per heavy atom. The van der Waals surface area contributed by atoms with Gasteiger partial charge in [0.05, 0.1) is 28.5 Å². The first-order chi connectivity index (χ1) is 17.0. The molecule has 0 spiro atoms. The lowest BCUT2D eigenvalue weighted by molar-refractivity contribution is 0.112. The summed E-state index contributed by atoms with van der Waals surface area (Å²) in [5.74, 6) is 0.0108. The Labute approximate surface area is 201 Å². The van der Waals surface area contributed by atoms with Crippen molar-refractivity contribution in [1.82, 2.24) is 19.4 Å². The highest BCUT2D eigenvalue weighted by Crippen LogP contribution is 2.25. The summed E-state index contributed by atoms with van der Waals surface area (Å²) in [5, 5.41) is 6.06. The molecule has 4 N–H and O–H groups in total. The molecule has 3 heterocycles. The maximum Gasteiger partial charge on any atom is 0.227 e. The predicted molar refractivity (Wildman–Crippen MR) is 136 cm³/mol. The number of hydrogen-bond acceptors (Lipinski definition) is 7. The average molecular weight is 470 g/mol. The van der Waals surface area contributed by atoms with Gasteiger partial charge in [-0.25, -0.2) is 19.3 Å². The van der Waals surface area contributed by atoms with Crippen molar-refractivity contribution in [2.24, 2.45) is 0 Å². The van der Waals surface area contributed by atoms with E-state index in [1.165, 1.54) is 6.07 Å². The number of anilines is 4. The van der Waals surface area contributed by atoms with Gasteiger partial charge in [0.25, 0.3) is 0 Å². The fourth-order valence-corrected chi connectivity index (χ4v) is 3.51. The molecule has 8 nitrogen and oxygen atoms in total. The molecule has 35 heavy (non-hydrogen) atoms. The van der Waals surface area contributed by atoms with E-state index < -0.39 is 0 Å². The van der Waals surface area contributed by atoms with Crippen LogP contribution in [0.25, 0.3) is 17.0 Å². The van der Waals surface area contributed by atoms with Crippen molar-refractivity contribution in [2.75, 3.05) is 23.4 Å². The number of nitrogen functional groups attached to an aromatic ring is 1. The standard InChI is InChI=1S/C19H14FN5O.C7H10N2/c1-12-17(25-10-2-3-15(20)18(25)22-12)16-8-9-21-19(24-16)23-14-6-4-13(11-26)5-7-14;1-9-7-5-3-2-4-6(7)8/h2-11H,1H3,(H,21,23,24);2-5,9H,8H2,1H3. The van der Waals surface area contributed by atoms with Gasteiger partial charge in [0.2, 0.25) is 5.95 Å². The summed E-state index contributed by atoms with van der Waals surface area (Å²) in [6, 6.07) is 19.4. The van der Waals surface area contributed by atoms with Crippen molar-refractivity contribution in [3.63, 3.8) is 0 Å². The minimum absolute atomic E-state index is 0.262. The van der Waals surface area contributed by atoms with Gasteiger partial charge < -0.3 is 16.4 Å². The van der Waals surface area contributed by atoms with Crippen LogP contribution >= 0.6 is 0 Å². The summed E-state index contributed by atoms with van der Waals surface area (Å²) in [6.07, 6.45) is 4.16. The third kappa shape index (κ3) is 5.25. The SMILES string of the molecule is CNc1ccccc1N.Cc1nc2c(F)cccn2c1-c1ccnc(Nc2ccc(C=O)cc2)n1. The van der Waals surface area contributed by atoms with E-state index in [1.807, 2.05) is 38.2 Å². The molecule has 0 aliphatic carbocycles. The van der Waals surface area contributed by atoms with Crippen LogP contribution in [0.15, 0.2) is 79.1 Å². The van der Waals surface area contributed by atoms with Crippen molar-refractivity contribution in [1.29, 1.82) is 0 Å². The van der Waals surface area contributed by atoms with E-state index in [2.05, 4.69) is 25.6 Å².